The molecule has 0 atom stereocenters. The lowest BCUT2D eigenvalue weighted by molar-refractivity contribution is -0.108. The molecule has 0 aromatic carbocycles. The zero-order valence-corrected chi connectivity index (χ0v) is 16.5. The fourth-order valence-electron chi connectivity index (χ4n) is 3.87. The maximum Gasteiger partial charge on any atom is 0.225 e. The summed E-state index contributed by atoms with van der Waals surface area (Å²) < 4.78 is 0. The van der Waals surface area contributed by atoms with Gasteiger partial charge in [0.15, 0.2) is 0 Å². The number of allylic oxidation sites excluding steroid dienone is 1. The van der Waals surface area contributed by atoms with Gasteiger partial charge in [-0.05, 0) is 55.7 Å². The number of likely N-dealkylation sites (N-methyl/N-ethyl adjacent to an activating group) is 1. The van der Waals surface area contributed by atoms with E-state index in [1.165, 1.54) is 37.7 Å². The summed E-state index contributed by atoms with van der Waals surface area (Å²) in [7, 11) is 1.87. The fourth-order valence-corrected chi connectivity index (χ4v) is 3.87. The van der Waals surface area contributed by atoms with Gasteiger partial charge in [-0.25, -0.2) is 9.97 Å². The van der Waals surface area contributed by atoms with Crippen LogP contribution < -0.4 is 15.5 Å². The van der Waals surface area contributed by atoms with E-state index in [0.29, 0.717) is 0 Å². The van der Waals surface area contributed by atoms with Crippen LogP contribution in [0.2, 0.25) is 0 Å². The number of nitrogens with one attached hydrogen (secondary N) is 2. The summed E-state index contributed by atoms with van der Waals surface area (Å²) >= 11 is 0. The van der Waals surface area contributed by atoms with Gasteiger partial charge in [-0.1, -0.05) is 19.8 Å². The van der Waals surface area contributed by atoms with Crippen LogP contribution in [0.25, 0.3) is 6.08 Å². The second-order valence-corrected chi connectivity index (χ2v) is 7.40. The van der Waals surface area contributed by atoms with Gasteiger partial charge in [0.1, 0.15) is 0 Å². The standard InChI is InChI=1S/C21H31N5O/c1-3-5-16-9-12-26(13-10-16)21-23-11-8-18(25-21)14-19(22-2)20(24-15-27)17-6-4-7-17/h8,11,14-16,22H,3-7,9-10,12-13H2,1-2H3,(H,24,27)/b19-14-. The van der Waals surface area contributed by atoms with Crippen molar-refractivity contribution >= 4 is 18.4 Å². The Labute approximate surface area is 162 Å². The van der Waals surface area contributed by atoms with Crippen molar-refractivity contribution in [2.75, 3.05) is 25.0 Å². The summed E-state index contributed by atoms with van der Waals surface area (Å²) in [6.45, 7) is 4.31. The maximum atomic E-state index is 11.0. The van der Waals surface area contributed by atoms with Crippen LogP contribution in [-0.4, -0.2) is 36.5 Å². The highest BCUT2D eigenvalue weighted by atomic mass is 16.1. The van der Waals surface area contributed by atoms with Crippen LogP contribution in [0.15, 0.2) is 29.2 Å². The predicted octanol–water partition coefficient (Wildman–Crippen LogP) is 3.24. The predicted molar refractivity (Wildman–Crippen MR) is 109 cm³/mol. The highest BCUT2D eigenvalue weighted by Gasteiger charge is 2.21. The van der Waals surface area contributed by atoms with E-state index in [9.17, 15) is 4.79 Å². The molecule has 1 aliphatic heterocycles. The van der Waals surface area contributed by atoms with Gasteiger partial charge in [0.05, 0.1) is 17.1 Å². The number of hydrogen-bond donors (Lipinski definition) is 2. The molecule has 1 aromatic rings. The highest BCUT2D eigenvalue weighted by molar-refractivity contribution is 5.62. The maximum absolute atomic E-state index is 11.0. The molecule has 1 amide bonds. The molecular formula is C21H31N5O. The monoisotopic (exact) mass is 369 g/mol. The van der Waals surface area contributed by atoms with E-state index in [2.05, 4.69) is 27.4 Å². The third-order valence-electron chi connectivity index (χ3n) is 5.60. The Bertz CT molecular complexity index is 698. The molecule has 1 aromatic heterocycles. The van der Waals surface area contributed by atoms with Crippen molar-refractivity contribution in [3.63, 3.8) is 0 Å². The Balaban J connectivity index is 1.76. The van der Waals surface area contributed by atoms with Crippen LogP contribution in [0.5, 0.6) is 0 Å². The Morgan fingerprint density at radius 1 is 1.33 bits per heavy atom. The molecule has 27 heavy (non-hydrogen) atoms. The number of rotatable bonds is 8. The molecule has 146 valence electrons. The Morgan fingerprint density at radius 2 is 2.11 bits per heavy atom. The minimum Gasteiger partial charge on any atom is -0.386 e. The summed E-state index contributed by atoms with van der Waals surface area (Å²) in [5, 5.41) is 6.08. The number of carbonyl (C=O) groups is 1. The molecule has 2 aliphatic rings. The molecule has 3 rings (SSSR count). The smallest absolute Gasteiger partial charge is 0.225 e. The second kappa shape index (κ2) is 9.53. The first-order chi connectivity index (χ1) is 13.2. The lowest BCUT2D eigenvalue weighted by atomic mass is 9.89. The molecule has 1 saturated heterocycles. The zero-order valence-electron chi connectivity index (χ0n) is 16.5. The van der Waals surface area contributed by atoms with Gasteiger partial charge in [0, 0.05) is 26.3 Å². The van der Waals surface area contributed by atoms with Crippen LogP contribution >= 0.6 is 0 Å². The Kier molecular flexibility index (Phi) is 6.85. The van der Waals surface area contributed by atoms with E-state index in [0.717, 1.165) is 61.3 Å². The summed E-state index contributed by atoms with van der Waals surface area (Å²) in [6.07, 6.45) is 12.9. The van der Waals surface area contributed by atoms with Crippen LogP contribution in [-0.2, 0) is 4.79 Å². The molecule has 2 heterocycles. The van der Waals surface area contributed by atoms with E-state index < -0.39 is 0 Å². The molecule has 2 fully saturated rings. The van der Waals surface area contributed by atoms with Gasteiger partial charge >= 0.3 is 0 Å². The number of carbonyl (C=O) groups excluding carboxylic acids is 1. The number of piperidine rings is 1. The summed E-state index contributed by atoms with van der Waals surface area (Å²) in [5.74, 6) is 1.65. The van der Waals surface area contributed by atoms with Crippen molar-refractivity contribution < 1.29 is 4.79 Å². The first-order valence-electron chi connectivity index (χ1n) is 10.1. The minimum atomic E-state index is 0.748. The number of aromatic nitrogens is 2. The normalized spacial score (nSPS) is 18.1. The molecule has 1 aliphatic carbocycles. The summed E-state index contributed by atoms with van der Waals surface area (Å²) in [4.78, 5) is 22.6. The molecule has 6 nitrogen and oxygen atoms in total. The van der Waals surface area contributed by atoms with Gasteiger partial charge in [-0.15, -0.1) is 0 Å². The highest BCUT2D eigenvalue weighted by Crippen LogP contribution is 2.30. The van der Waals surface area contributed by atoms with Gasteiger partial charge in [-0.3, -0.25) is 4.79 Å². The minimum absolute atomic E-state index is 0.748. The number of nitrogens with zero attached hydrogens (tertiary/aromatic N) is 3. The average molecular weight is 370 g/mol. The number of amides is 1. The number of hydrogen-bond acceptors (Lipinski definition) is 5. The van der Waals surface area contributed by atoms with Crippen molar-refractivity contribution in [1.29, 1.82) is 0 Å². The van der Waals surface area contributed by atoms with Crippen LogP contribution in [0.1, 0.15) is 57.6 Å². The fraction of sp³-hybridized carbons (Fsp3) is 0.571. The van der Waals surface area contributed by atoms with Gasteiger partial charge < -0.3 is 15.5 Å². The largest absolute Gasteiger partial charge is 0.386 e. The lowest BCUT2D eigenvalue weighted by Crippen LogP contribution is -2.34. The third kappa shape index (κ3) is 4.87. The van der Waals surface area contributed by atoms with Crippen LogP contribution in [0.4, 0.5) is 5.95 Å². The zero-order chi connectivity index (χ0) is 19.1. The van der Waals surface area contributed by atoms with Crippen molar-refractivity contribution in [1.82, 2.24) is 20.6 Å². The average Bonchev–Trinajstić information content (AvgIpc) is 2.65. The SMILES string of the molecule is CCCC1CCN(c2nccc(/C=C(\NC)C(NC=O)=C3CCC3)n2)CC1. The van der Waals surface area contributed by atoms with E-state index in [1.807, 2.05) is 25.4 Å². The molecule has 0 spiro atoms. The first kappa shape index (κ1) is 19.4. The van der Waals surface area contributed by atoms with Crippen molar-refractivity contribution in [2.24, 2.45) is 5.92 Å². The van der Waals surface area contributed by atoms with Gasteiger partial charge in [-0.2, -0.15) is 0 Å². The van der Waals surface area contributed by atoms with Crippen molar-refractivity contribution in [2.45, 2.75) is 51.9 Å². The number of anilines is 1. The van der Waals surface area contributed by atoms with Gasteiger partial charge in [0.25, 0.3) is 0 Å². The van der Waals surface area contributed by atoms with E-state index in [1.54, 1.807) is 0 Å². The third-order valence-corrected chi connectivity index (χ3v) is 5.60. The van der Waals surface area contributed by atoms with E-state index in [4.69, 9.17) is 4.98 Å². The molecule has 2 N–H and O–H groups in total. The van der Waals surface area contributed by atoms with Crippen molar-refractivity contribution in [3.05, 3.63) is 34.9 Å². The molecule has 0 bridgehead atoms. The van der Waals surface area contributed by atoms with Gasteiger partial charge in [0.2, 0.25) is 12.4 Å². The van der Waals surface area contributed by atoms with Crippen molar-refractivity contribution in [3.8, 4) is 0 Å². The Hall–Kier alpha value is -2.37. The summed E-state index contributed by atoms with van der Waals surface area (Å²) in [5.41, 5.74) is 3.92. The quantitative estimate of drug-likeness (QED) is 0.689. The molecule has 0 radical (unpaired) electrons. The van der Waals surface area contributed by atoms with E-state index in [-0.39, 0.29) is 0 Å². The van der Waals surface area contributed by atoms with E-state index >= 15 is 0 Å². The second-order valence-electron chi connectivity index (χ2n) is 7.40. The summed E-state index contributed by atoms with van der Waals surface area (Å²) in [6, 6.07) is 1.91. The molecule has 0 unspecified atom stereocenters. The lowest BCUT2D eigenvalue weighted by Gasteiger charge is -2.32. The molecule has 1 saturated carbocycles. The molecular weight excluding hydrogens is 338 g/mol. The Morgan fingerprint density at radius 3 is 2.70 bits per heavy atom. The van der Waals surface area contributed by atoms with Crippen LogP contribution in [0, 0.1) is 5.92 Å². The first-order valence-corrected chi connectivity index (χ1v) is 10.1. The topological polar surface area (TPSA) is 70.2 Å². The van der Waals surface area contributed by atoms with Crippen LogP contribution in [0.3, 0.4) is 0 Å². The molecule has 6 heteroatoms.